The van der Waals surface area contributed by atoms with Gasteiger partial charge in [-0.25, -0.2) is 0 Å². The second kappa shape index (κ2) is 5.83. The number of nitrogens with two attached hydrogens (primary N) is 1. The maximum absolute atomic E-state index is 12.2. The Kier molecular flexibility index (Phi) is 4.95. The van der Waals surface area contributed by atoms with Gasteiger partial charge in [0, 0.05) is 6.04 Å². The molecule has 1 aliphatic carbocycles. The fraction of sp³-hybridized carbons (Fsp3) is 0.923. The van der Waals surface area contributed by atoms with Crippen LogP contribution in [0.4, 0.5) is 0 Å². The van der Waals surface area contributed by atoms with Crippen LogP contribution in [0, 0.1) is 5.92 Å². The zero-order chi connectivity index (χ0) is 13.1. The van der Waals surface area contributed by atoms with Crippen molar-refractivity contribution in [3.8, 4) is 0 Å². The van der Waals surface area contributed by atoms with Crippen LogP contribution in [0.2, 0.25) is 0 Å². The van der Waals surface area contributed by atoms with Crippen LogP contribution in [0.25, 0.3) is 0 Å². The molecule has 0 spiro atoms. The molecule has 4 N–H and O–H groups in total. The first-order valence-electron chi connectivity index (χ1n) is 6.60. The Morgan fingerprint density at radius 2 is 1.94 bits per heavy atom. The number of nitrogens with one attached hydrogen (secondary N) is 1. The van der Waals surface area contributed by atoms with Gasteiger partial charge in [0.1, 0.15) is 0 Å². The van der Waals surface area contributed by atoms with Crippen molar-refractivity contribution >= 4 is 5.91 Å². The number of aliphatic hydroxyl groups excluding tert-OH is 1. The van der Waals surface area contributed by atoms with Crippen molar-refractivity contribution in [1.29, 1.82) is 0 Å². The van der Waals surface area contributed by atoms with E-state index >= 15 is 0 Å². The van der Waals surface area contributed by atoms with Gasteiger partial charge in [0.25, 0.3) is 0 Å². The first-order valence-corrected chi connectivity index (χ1v) is 6.60. The van der Waals surface area contributed by atoms with Gasteiger partial charge in [0.05, 0.1) is 17.6 Å². The summed E-state index contributed by atoms with van der Waals surface area (Å²) < 4.78 is 0. The van der Waals surface area contributed by atoms with Crippen LogP contribution in [0.15, 0.2) is 0 Å². The molecular formula is C13H26N2O2. The summed E-state index contributed by atoms with van der Waals surface area (Å²) >= 11 is 0. The molecule has 0 saturated heterocycles. The minimum Gasteiger partial charge on any atom is -0.391 e. The second-order valence-corrected chi connectivity index (χ2v) is 5.80. The lowest BCUT2D eigenvalue weighted by atomic mass is 9.91. The normalized spacial score (nSPS) is 28.3. The standard InChI is InChI=1S/C13H26N2O2/c1-9(16)13(2,3)15-12(17)10-7-5-4-6-8-11(10)14/h9-11,16H,4-8,14H2,1-3H3,(H,15,17). The van der Waals surface area contributed by atoms with Crippen LogP contribution in [-0.4, -0.2) is 28.7 Å². The third-order valence-corrected chi connectivity index (χ3v) is 3.90. The number of carbonyl (C=O) groups is 1. The van der Waals surface area contributed by atoms with E-state index in [1.807, 2.05) is 13.8 Å². The van der Waals surface area contributed by atoms with Crippen molar-refractivity contribution < 1.29 is 9.90 Å². The summed E-state index contributed by atoms with van der Waals surface area (Å²) in [5, 5.41) is 12.5. The van der Waals surface area contributed by atoms with Gasteiger partial charge in [-0.2, -0.15) is 0 Å². The molecular weight excluding hydrogens is 216 g/mol. The summed E-state index contributed by atoms with van der Waals surface area (Å²) in [6.45, 7) is 5.35. The zero-order valence-corrected chi connectivity index (χ0v) is 11.2. The summed E-state index contributed by atoms with van der Waals surface area (Å²) in [6, 6.07) is -0.0395. The highest BCUT2D eigenvalue weighted by atomic mass is 16.3. The summed E-state index contributed by atoms with van der Waals surface area (Å²) in [4.78, 5) is 12.2. The number of hydrogen-bond donors (Lipinski definition) is 3. The van der Waals surface area contributed by atoms with Crippen LogP contribution in [-0.2, 0) is 4.79 Å². The Labute approximate surface area is 104 Å². The van der Waals surface area contributed by atoms with Gasteiger partial charge in [-0.05, 0) is 33.6 Å². The monoisotopic (exact) mass is 242 g/mol. The van der Waals surface area contributed by atoms with Crippen LogP contribution in [0.3, 0.4) is 0 Å². The molecule has 3 atom stereocenters. The molecule has 0 radical (unpaired) electrons. The largest absolute Gasteiger partial charge is 0.391 e. The SMILES string of the molecule is CC(O)C(C)(C)NC(=O)C1CCCCCC1N. The first-order chi connectivity index (χ1) is 7.84. The third kappa shape index (κ3) is 3.96. The van der Waals surface area contributed by atoms with Gasteiger partial charge in [-0.15, -0.1) is 0 Å². The molecule has 0 aromatic rings. The topological polar surface area (TPSA) is 75.3 Å². The van der Waals surface area contributed by atoms with E-state index < -0.39 is 11.6 Å². The molecule has 3 unspecified atom stereocenters. The Morgan fingerprint density at radius 1 is 1.35 bits per heavy atom. The van der Waals surface area contributed by atoms with E-state index in [1.54, 1.807) is 6.92 Å². The van der Waals surface area contributed by atoms with E-state index in [1.165, 1.54) is 0 Å². The van der Waals surface area contributed by atoms with Crippen molar-refractivity contribution in [2.24, 2.45) is 11.7 Å². The van der Waals surface area contributed by atoms with Crippen molar-refractivity contribution in [1.82, 2.24) is 5.32 Å². The number of hydrogen-bond acceptors (Lipinski definition) is 3. The van der Waals surface area contributed by atoms with E-state index in [9.17, 15) is 9.90 Å². The van der Waals surface area contributed by atoms with Gasteiger partial charge < -0.3 is 16.2 Å². The van der Waals surface area contributed by atoms with E-state index in [0.717, 1.165) is 32.1 Å². The van der Waals surface area contributed by atoms with Gasteiger partial charge in [-0.3, -0.25) is 4.79 Å². The second-order valence-electron chi connectivity index (χ2n) is 5.80. The fourth-order valence-electron chi connectivity index (χ4n) is 2.18. The highest BCUT2D eigenvalue weighted by molar-refractivity contribution is 5.80. The van der Waals surface area contributed by atoms with Crippen molar-refractivity contribution in [3.05, 3.63) is 0 Å². The van der Waals surface area contributed by atoms with Crippen molar-refractivity contribution in [2.45, 2.75) is 70.6 Å². The molecule has 0 bridgehead atoms. The molecule has 1 amide bonds. The third-order valence-electron chi connectivity index (χ3n) is 3.90. The van der Waals surface area contributed by atoms with E-state index in [4.69, 9.17) is 5.73 Å². The maximum Gasteiger partial charge on any atom is 0.225 e. The molecule has 1 rings (SSSR count). The lowest BCUT2D eigenvalue weighted by molar-refractivity contribution is -0.128. The molecule has 0 aromatic carbocycles. The van der Waals surface area contributed by atoms with Gasteiger partial charge in [0.15, 0.2) is 0 Å². The van der Waals surface area contributed by atoms with Gasteiger partial charge in [-0.1, -0.05) is 19.3 Å². The Balaban J connectivity index is 2.62. The van der Waals surface area contributed by atoms with Crippen LogP contribution >= 0.6 is 0 Å². The average Bonchev–Trinajstić information content (AvgIpc) is 2.41. The lowest BCUT2D eigenvalue weighted by Crippen LogP contribution is -2.54. The molecule has 0 heterocycles. The Morgan fingerprint density at radius 3 is 2.53 bits per heavy atom. The summed E-state index contributed by atoms with van der Waals surface area (Å²) in [5.41, 5.74) is 5.46. The smallest absolute Gasteiger partial charge is 0.225 e. The minimum absolute atomic E-state index is 0.00898. The molecule has 0 aliphatic heterocycles. The van der Waals surface area contributed by atoms with Crippen LogP contribution in [0.1, 0.15) is 52.9 Å². The maximum atomic E-state index is 12.2. The number of rotatable bonds is 3. The quantitative estimate of drug-likeness (QED) is 0.650. The Hall–Kier alpha value is -0.610. The lowest BCUT2D eigenvalue weighted by Gasteiger charge is -2.32. The summed E-state index contributed by atoms with van der Waals surface area (Å²) in [5.74, 6) is -0.110. The predicted molar refractivity (Wildman–Crippen MR) is 68.5 cm³/mol. The highest BCUT2D eigenvalue weighted by Gasteiger charge is 2.32. The van der Waals surface area contributed by atoms with E-state index in [0.29, 0.717) is 0 Å². The number of aliphatic hydroxyl groups is 1. The first kappa shape index (κ1) is 14.5. The molecule has 4 heteroatoms. The number of carbonyl (C=O) groups excluding carboxylic acids is 1. The average molecular weight is 242 g/mol. The molecule has 1 aliphatic rings. The molecule has 0 aromatic heterocycles. The predicted octanol–water partition coefficient (Wildman–Crippen LogP) is 1.17. The fourth-order valence-corrected chi connectivity index (χ4v) is 2.18. The highest BCUT2D eigenvalue weighted by Crippen LogP contribution is 2.23. The Bertz CT molecular complexity index is 264. The van der Waals surface area contributed by atoms with Crippen molar-refractivity contribution in [2.75, 3.05) is 0 Å². The molecule has 100 valence electrons. The molecule has 17 heavy (non-hydrogen) atoms. The summed E-state index contributed by atoms with van der Waals surface area (Å²) in [7, 11) is 0. The van der Waals surface area contributed by atoms with Gasteiger partial charge >= 0.3 is 0 Å². The van der Waals surface area contributed by atoms with Crippen LogP contribution in [0.5, 0.6) is 0 Å². The minimum atomic E-state index is -0.594. The summed E-state index contributed by atoms with van der Waals surface area (Å²) in [6.07, 6.45) is 4.56. The van der Waals surface area contributed by atoms with E-state index in [-0.39, 0.29) is 17.9 Å². The number of amides is 1. The molecule has 4 nitrogen and oxygen atoms in total. The zero-order valence-electron chi connectivity index (χ0n) is 11.2. The molecule has 1 fully saturated rings. The van der Waals surface area contributed by atoms with Crippen molar-refractivity contribution in [3.63, 3.8) is 0 Å². The van der Waals surface area contributed by atoms with E-state index in [2.05, 4.69) is 5.32 Å². The van der Waals surface area contributed by atoms with Crippen LogP contribution < -0.4 is 11.1 Å². The van der Waals surface area contributed by atoms with Gasteiger partial charge in [0.2, 0.25) is 5.91 Å². The molecule has 1 saturated carbocycles.